The minimum Gasteiger partial charge on any atom is -0.399 e. The fraction of sp³-hybridized carbons (Fsp3) is 0.571. The highest BCUT2D eigenvalue weighted by molar-refractivity contribution is 5.40. The maximum Gasteiger partial charge on any atom is 0.0319 e. The van der Waals surface area contributed by atoms with Crippen LogP contribution in [0.1, 0.15) is 45.2 Å². The summed E-state index contributed by atoms with van der Waals surface area (Å²) in [4.78, 5) is 2.43. The van der Waals surface area contributed by atoms with E-state index in [1.807, 2.05) is 12.1 Å². The summed E-state index contributed by atoms with van der Waals surface area (Å²) in [6, 6.07) is 9.26. The molecular formula is C14H24N2. The molecule has 0 radical (unpaired) electrons. The number of benzene rings is 1. The van der Waals surface area contributed by atoms with Gasteiger partial charge in [-0.2, -0.15) is 0 Å². The van der Waals surface area contributed by atoms with Crippen LogP contribution in [0, 0.1) is 0 Å². The molecule has 2 unspecified atom stereocenters. The van der Waals surface area contributed by atoms with E-state index in [4.69, 9.17) is 5.73 Å². The van der Waals surface area contributed by atoms with Crippen LogP contribution in [0.25, 0.3) is 0 Å². The molecule has 0 spiro atoms. The zero-order chi connectivity index (χ0) is 12.1. The number of rotatable bonds is 5. The molecule has 2 nitrogen and oxygen atoms in total. The first-order valence-electron chi connectivity index (χ1n) is 6.13. The van der Waals surface area contributed by atoms with Gasteiger partial charge in [-0.05, 0) is 45.0 Å². The van der Waals surface area contributed by atoms with Crippen LogP contribution in [0.2, 0.25) is 0 Å². The van der Waals surface area contributed by atoms with Gasteiger partial charge in [0.05, 0.1) is 0 Å². The van der Waals surface area contributed by atoms with Crippen molar-refractivity contribution in [2.24, 2.45) is 0 Å². The van der Waals surface area contributed by atoms with E-state index in [0.717, 1.165) is 5.69 Å². The summed E-state index contributed by atoms with van der Waals surface area (Å²) in [5.74, 6) is 0. The third kappa shape index (κ3) is 3.24. The highest BCUT2D eigenvalue weighted by Gasteiger charge is 2.16. The van der Waals surface area contributed by atoms with E-state index >= 15 is 0 Å². The van der Waals surface area contributed by atoms with E-state index < -0.39 is 0 Å². The Bertz CT molecular complexity index is 305. The molecule has 1 aromatic rings. The topological polar surface area (TPSA) is 29.3 Å². The van der Waals surface area contributed by atoms with Gasteiger partial charge in [0.15, 0.2) is 0 Å². The second-order valence-electron chi connectivity index (χ2n) is 4.65. The van der Waals surface area contributed by atoms with E-state index in [1.165, 1.54) is 18.4 Å². The van der Waals surface area contributed by atoms with Gasteiger partial charge >= 0.3 is 0 Å². The van der Waals surface area contributed by atoms with Gasteiger partial charge in [-0.3, -0.25) is 4.90 Å². The molecule has 2 N–H and O–H groups in total. The molecule has 0 bridgehead atoms. The summed E-state index contributed by atoms with van der Waals surface area (Å²) in [5.41, 5.74) is 7.86. The van der Waals surface area contributed by atoms with Gasteiger partial charge < -0.3 is 5.73 Å². The van der Waals surface area contributed by atoms with Gasteiger partial charge in [0.25, 0.3) is 0 Å². The third-order valence-corrected chi connectivity index (χ3v) is 3.43. The molecule has 2 atom stereocenters. The zero-order valence-electron chi connectivity index (χ0n) is 10.9. The smallest absolute Gasteiger partial charge is 0.0319 e. The van der Waals surface area contributed by atoms with E-state index in [2.05, 4.69) is 44.9 Å². The third-order valence-electron chi connectivity index (χ3n) is 3.43. The first-order chi connectivity index (χ1) is 7.56. The fourth-order valence-electron chi connectivity index (χ4n) is 2.01. The molecule has 0 aliphatic heterocycles. The molecule has 0 fully saturated rings. The number of nitrogen functional groups attached to an aromatic ring is 1. The summed E-state index contributed by atoms with van der Waals surface area (Å²) in [6.07, 6.45) is 2.48. The highest BCUT2D eigenvalue weighted by atomic mass is 15.1. The van der Waals surface area contributed by atoms with Crippen molar-refractivity contribution in [3.63, 3.8) is 0 Å². The molecule has 1 rings (SSSR count). The van der Waals surface area contributed by atoms with Gasteiger partial charge in [-0.1, -0.05) is 25.5 Å². The first-order valence-corrected chi connectivity index (χ1v) is 6.13. The van der Waals surface area contributed by atoms with Crippen LogP contribution in [-0.4, -0.2) is 18.0 Å². The van der Waals surface area contributed by atoms with Crippen LogP contribution in [-0.2, 0) is 0 Å². The average molecular weight is 220 g/mol. The summed E-state index contributed by atoms with van der Waals surface area (Å²) in [6.45, 7) is 6.77. The predicted octanol–water partition coefficient (Wildman–Crippen LogP) is 3.45. The van der Waals surface area contributed by atoms with Crippen LogP contribution in [0.15, 0.2) is 24.3 Å². The highest BCUT2D eigenvalue weighted by Crippen LogP contribution is 2.22. The lowest BCUT2D eigenvalue weighted by Gasteiger charge is -2.31. The van der Waals surface area contributed by atoms with Crippen molar-refractivity contribution in [1.82, 2.24) is 4.90 Å². The molecule has 16 heavy (non-hydrogen) atoms. The van der Waals surface area contributed by atoms with Crippen molar-refractivity contribution in [3.8, 4) is 0 Å². The van der Waals surface area contributed by atoms with Crippen LogP contribution >= 0.6 is 0 Å². The number of anilines is 1. The molecule has 2 heteroatoms. The molecular weight excluding hydrogens is 196 g/mol. The van der Waals surface area contributed by atoms with Crippen molar-refractivity contribution in [1.29, 1.82) is 0 Å². The molecule has 0 aromatic heterocycles. The summed E-state index contributed by atoms with van der Waals surface area (Å²) in [7, 11) is 2.20. The maximum absolute atomic E-state index is 5.70. The largest absolute Gasteiger partial charge is 0.399 e. The quantitative estimate of drug-likeness (QED) is 0.770. The molecule has 0 saturated carbocycles. The number of hydrogen-bond acceptors (Lipinski definition) is 2. The fourth-order valence-corrected chi connectivity index (χ4v) is 2.01. The van der Waals surface area contributed by atoms with Gasteiger partial charge in [-0.15, -0.1) is 0 Å². The van der Waals surface area contributed by atoms with Crippen molar-refractivity contribution >= 4 is 5.69 Å². The molecule has 0 heterocycles. The Labute approximate surface area is 99.5 Å². The Morgan fingerprint density at radius 2 is 1.75 bits per heavy atom. The van der Waals surface area contributed by atoms with Crippen LogP contribution in [0.3, 0.4) is 0 Å². The van der Waals surface area contributed by atoms with E-state index in [0.29, 0.717) is 12.1 Å². The van der Waals surface area contributed by atoms with Gasteiger partial charge in [0.1, 0.15) is 0 Å². The van der Waals surface area contributed by atoms with E-state index in [9.17, 15) is 0 Å². The average Bonchev–Trinajstić information content (AvgIpc) is 2.28. The molecule has 0 amide bonds. The monoisotopic (exact) mass is 220 g/mol. The SMILES string of the molecule is CCCC(C)N(C)C(C)c1ccc(N)cc1. The standard InChI is InChI=1S/C14H24N2/c1-5-6-11(2)16(4)12(3)13-7-9-14(15)10-8-13/h7-12H,5-6,15H2,1-4H3. The Hall–Kier alpha value is -1.02. The molecule has 1 aromatic carbocycles. The Morgan fingerprint density at radius 3 is 2.25 bits per heavy atom. The minimum atomic E-state index is 0.446. The predicted molar refractivity (Wildman–Crippen MR) is 71.4 cm³/mol. The van der Waals surface area contributed by atoms with Crippen LogP contribution < -0.4 is 5.73 Å². The second kappa shape index (κ2) is 5.90. The number of nitrogens with zero attached hydrogens (tertiary/aromatic N) is 1. The van der Waals surface area contributed by atoms with E-state index in [-0.39, 0.29) is 0 Å². The number of nitrogens with two attached hydrogens (primary N) is 1. The van der Waals surface area contributed by atoms with Crippen molar-refractivity contribution < 1.29 is 0 Å². The van der Waals surface area contributed by atoms with Crippen molar-refractivity contribution in [2.45, 2.75) is 45.7 Å². The normalized spacial score (nSPS) is 15.1. The Kier molecular flexibility index (Phi) is 4.81. The Balaban J connectivity index is 2.69. The molecule has 0 saturated heterocycles. The number of hydrogen-bond donors (Lipinski definition) is 1. The van der Waals surface area contributed by atoms with E-state index in [1.54, 1.807) is 0 Å². The van der Waals surface area contributed by atoms with Crippen molar-refractivity contribution in [3.05, 3.63) is 29.8 Å². The lowest BCUT2D eigenvalue weighted by Crippen LogP contribution is -2.31. The lowest BCUT2D eigenvalue weighted by atomic mass is 10.0. The van der Waals surface area contributed by atoms with Crippen LogP contribution in [0.4, 0.5) is 5.69 Å². The second-order valence-corrected chi connectivity index (χ2v) is 4.65. The minimum absolute atomic E-state index is 0.446. The first kappa shape index (κ1) is 13.0. The molecule has 0 aliphatic carbocycles. The van der Waals surface area contributed by atoms with Crippen LogP contribution in [0.5, 0.6) is 0 Å². The summed E-state index contributed by atoms with van der Waals surface area (Å²) >= 11 is 0. The van der Waals surface area contributed by atoms with Gasteiger partial charge in [0, 0.05) is 17.8 Å². The lowest BCUT2D eigenvalue weighted by molar-refractivity contribution is 0.188. The van der Waals surface area contributed by atoms with Crippen molar-refractivity contribution in [2.75, 3.05) is 12.8 Å². The maximum atomic E-state index is 5.70. The molecule has 90 valence electrons. The summed E-state index contributed by atoms with van der Waals surface area (Å²) < 4.78 is 0. The van der Waals surface area contributed by atoms with Gasteiger partial charge in [-0.25, -0.2) is 0 Å². The molecule has 0 aliphatic rings. The Morgan fingerprint density at radius 1 is 1.19 bits per heavy atom. The van der Waals surface area contributed by atoms with Gasteiger partial charge in [0.2, 0.25) is 0 Å². The summed E-state index contributed by atoms with van der Waals surface area (Å²) in [5, 5.41) is 0. The zero-order valence-corrected chi connectivity index (χ0v) is 10.9.